The van der Waals surface area contributed by atoms with E-state index in [1.807, 2.05) is 0 Å². The Hall–Kier alpha value is -1.11. The van der Waals surface area contributed by atoms with Crippen LogP contribution in [0.5, 0.6) is 0 Å². The van der Waals surface area contributed by atoms with Crippen LogP contribution in [-0.2, 0) is 10.0 Å². The third kappa shape index (κ3) is 5.59. The molecule has 108 valence electrons. The third-order valence-electron chi connectivity index (χ3n) is 2.61. The summed E-state index contributed by atoms with van der Waals surface area (Å²) in [4.78, 5) is 0.299. The molecule has 5 nitrogen and oxygen atoms in total. The average molecular weight is 285 g/mol. The molecule has 0 aliphatic rings. The lowest BCUT2D eigenvalue weighted by Gasteiger charge is -2.08. The summed E-state index contributed by atoms with van der Waals surface area (Å²) in [6.45, 7) is 7.07. The van der Waals surface area contributed by atoms with Gasteiger partial charge in [-0.15, -0.1) is 0 Å². The summed E-state index contributed by atoms with van der Waals surface area (Å²) in [7, 11) is -3.35. The van der Waals surface area contributed by atoms with E-state index in [9.17, 15) is 8.42 Å². The highest BCUT2D eigenvalue weighted by Crippen LogP contribution is 2.13. The molecular weight excluding hydrogens is 262 g/mol. The molecule has 6 heteroatoms. The van der Waals surface area contributed by atoms with E-state index in [2.05, 4.69) is 22.3 Å². The van der Waals surface area contributed by atoms with E-state index >= 15 is 0 Å². The van der Waals surface area contributed by atoms with Gasteiger partial charge in [-0.2, -0.15) is 0 Å². The Morgan fingerprint density at radius 2 is 1.68 bits per heavy atom. The molecule has 1 rings (SSSR count). The minimum Gasteiger partial charge on any atom is -0.385 e. The smallest absolute Gasteiger partial charge is 0.240 e. The van der Waals surface area contributed by atoms with E-state index in [4.69, 9.17) is 0 Å². The molecule has 0 radical (unpaired) electrons. The molecule has 1 aromatic rings. The number of anilines is 1. The molecule has 3 N–H and O–H groups in total. The first-order valence-electron chi connectivity index (χ1n) is 6.64. The van der Waals surface area contributed by atoms with Gasteiger partial charge >= 0.3 is 0 Å². The van der Waals surface area contributed by atoms with Gasteiger partial charge in [-0.25, -0.2) is 13.1 Å². The molecule has 0 bridgehead atoms. The minimum atomic E-state index is -3.35. The second-order valence-corrected chi connectivity index (χ2v) is 5.93. The summed E-state index contributed by atoms with van der Waals surface area (Å²) in [6, 6.07) is 6.81. The van der Waals surface area contributed by atoms with Gasteiger partial charge in [0.1, 0.15) is 0 Å². The van der Waals surface area contributed by atoms with Crippen molar-refractivity contribution in [2.24, 2.45) is 0 Å². The number of sulfonamides is 1. The van der Waals surface area contributed by atoms with Crippen LogP contribution in [0, 0.1) is 0 Å². The van der Waals surface area contributed by atoms with Gasteiger partial charge in [0.2, 0.25) is 10.0 Å². The summed E-state index contributed by atoms with van der Waals surface area (Å²) in [5.74, 6) is 0. The maximum atomic E-state index is 11.7. The Balaban J connectivity index is 2.48. The van der Waals surface area contributed by atoms with Crippen molar-refractivity contribution >= 4 is 15.7 Å². The quantitative estimate of drug-likeness (QED) is 0.600. The lowest BCUT2D eigenvalue weighted by Crippen LogP contribution is -2.23. The maximum Gasteiger partial charge on any atom is 0.240 e. The second kappa shape index (κ2) is 8.14. The normalized spacial score (nSPS) is 11.5. The lowest BCUT2D eigenvalue weighted by atomic mass is 10.3. The van der Waals surface area contributed by atoms with Crippen molar-refractivity contribution in [3.05, 3.63) is 24.3 Å². The van der Waals surface area contributed by atoms with Crippen LogP contribution in [-0.4, -0.2) is 34.6 Å². The van der Waals surface area contributed by atoms with Crippen molar-refractivity contribution in [1.29, 1.82) is 0 Å². The maximum absolute atomic E-state index is 11.7. The van der Waals surface area contributed by atoms with Crippen LogP contribution in [0.2, 0.25) is 0 Å². The highest BCUT2D eigenvalue weighted by Gasteiger charge is 2.11. The SMILES string of the molecule is CCNCCCNc1ccc(S(=O)(=O)NCC)cc1. The van der Waals surface area contributed by atoms with E-state index in [0.29, 0.717) is 11.4 Å². The molecule has 19 heavy (non-hydrogen) atoms. The van der Waals surface area contributed by atoms with Crippen LogP contribution in [0.4, 0.5) is 5.69 Å². The Labute approximate surface area is 115 Å². The number of hydrogen-bond donors (Lipinski definition) is 3. The molecule has 0 aliphatic heterocycles. The predicted octanol–water partition coefficient (Wildman–Crippen LogP) is 1.40. The Bertz CT molecular complexity index is 457. The van der Waals surface area contributed by atoms with Gasteiger partial charge in [-0.05, 0) is 43.8 Å². The zero-order valence-electron chi connectivity index (χ0n) is 11.6. The van der Waals surface area contributed by atoms with Crippen LogP contribution in [0.15, 0.2) is 29.2 Å². The summed E-state index contributed by atoms with van der Waals surface area (Å²) < 4.78 is 25.9. The molecule has 0 spiro atoms. The molecule has 1 aromatic carbocycles. The van der Waals surface area contributed by atoms with E-state index in [1.165, 1.54) is 0 Å². The lowest BCUT2D eigenvalue weighted by molar-refractivity contribution is 0.584. The Morgan fingerprint density at radius 1 is 1.00 bits per heavy atom. The van der Waals surface area contributed by atoms with Crippen molar-refractivity contribution in [3.63, 3.8) is 0 Å². The highest BCUT2D eigenvalue weighted by molar-refractivity contribution is 7.89. The molecule has 0 saturated heterocycles. The van der Waals surface area contributed by atoms with Crippen LogP contribution in [0.25, 0.3) is 0 Å². The van der Waals surface area contributed by atoms with Crippen molar-refractivity contribution in [2.45, 2.75) is 25.2 Å². The van der Waals surface area contributed by atoms with Gasteiger partial charge in [0, 0.05) is 18.8 Å². The average Bonchev–Trinajstić information content (AvgIpc) is 2.39. The molecule has 0 fully saturated rings. The zero-order chi connectivity index (χ0) is 14.1. The number of benzene rings is 1. The fourth-order valence-corrected chi connectivity index (χ4v) is 2.69. The molecule has 0 aliphatic carbocycles. The molecule has 0 saturated carbocycles. The molecule has 0 aromatic heterocycles. The zero-order valence-corrected chi connectivity index (χ0v) is 12.4. The predicted molar refractivity (Wildman–Crippen MR) is 79.0 cm³/mol. The number of nitrogens with one attached hydrogen (secondary N) is 3. The fourth-order valence-electron chi connectivity index (χ4n) is 1.65. The summed E-state index contributed by atoms with van der Waals surface area (Å²) in [5.41, 5.74) is 0.937. The van der Waals surface area contributed by atoms with Crippen molar-refractivity contribution in [2.75, 3.05) is 31.5 Å². The molecule has 0 heterocycles. The standard InChI is InChI=1S/C13H23N3O2S/c1-3-14-10-5-11-15-12-6-8-13(9-7-12)19(17,18)16-4-2/h6-9,14-16H,3-5,10-11H2,1-2H3. The van der Waals surface area contributed by atoms with Gasteiger partial charge in [-0.1, -0.05) is 13.8 Å². The number of rotatable bonds is 9. The van der Waals surface area contributed by atoms with Crippen LogP contribution < -0.4 is 15.4 Å². The summed E-state index contributed by atoms with van der Waals surface area (Å²) in [6.07, 6.45) is 1.03. The van der Waals surface area contributed by atoms with Crippen molar-refractivity contribution in [3.8, 4) is 0 Å². The van der Waals surface area contributed by atoms with Crippen LogP contribution in [0.1, 0.15) is 20.3 Å². The van der Waals surface area contributed by atoms with Crippen LogP contribution >= 0.6 is 0 Å². The summed E-state index contributed by atoms with van der Waals surface area (Å²) >= 11 is 0. The first-order valence-corrected chi connectivity index (χ1v) is 8.12. The van der Waals surface area contributed by atoms with Crippen molar-refractivity contribution < 1.29 is 8.42 Å². The molecule has 0 unspecified atom stereocenters. The van der Waals surface area contributed by atoms with Gasteiger partial charge in [0.25, 0.3) is 0 Å². The first-order chi connectivity index (χ1) is 9.10. The van der Waals surface area contributed by atoms with Crippen LogP contribution in [0.3, 0.4) is 0 Å². The van der Waals surface area contributed by atoms with Gasteiger partial charge in [0.15, 0.2) is 0 Å². The molecule has 0 atom stereocenters. The highest BCUT2D eigenvalue weighted by atomic mass is 32.2. The van der Waals surface area contributed by atoms with Crippen molar-refractivity contribution in [1.82, 2.24) is 10.0 Å². The number of hydrogen-bond acceptors (Lipinski definition) is 4. The van der Waals surface area contributed by atoms with Gasteiger partial charge in [0.05, 0.1) is 4.90 Å². The van der Waals surface area contributed by atoms with E-state index in [1.54, 1.807) is 31.2 Å². The topological polar surface area (TPSA) is 70.2 Å². The molecule has 0 amide bonds. The van der Waals surface area contributed by atoms with E-state index < -0.39 is 10.0 Å². The monoisotopic (exact) mass is 285 g/mol. The summed E-state index contributed by atoms with van der Waals surface area (Å²) in [5, 5.41) is 6.51. The molecular formula is C13H23N3O2S. The fraction of sp³-hybridized carbons (Fsp3) is 0.538. The van der Waals surface area contributed by atoms with Gasteiger partial charge in [-0.3, -0.25) is 0 Å². The first kappa shape index (κ1) is 15.9. The Morgan fingerprint density at radius 3 is 2.26 bits per heavy atom. The van der Waals surface area contributed by atoms with E-state index in [0.717, 1.165) is 31.7 Å². The van der Waals surface area contributed by atoms with Gasteiger partial charge < -0.3 is 10.6 Å². The second-order valence-electron chi connectivity index (χ2n) is 4.16. The third-order valence-corrected chi connectivity index (χ3v) is 4.17. The van der Waals surface area contributed by atoms with E-state index in [-0.39, 0.29) is 0 Å². The Kier molecular flexibility index (Phi) is 6.83. The minimum absolute atomic E-state index is 0.299. The largest absolute Gasteiger partial charge is 0.385 e.